The van der Waals surface area contributed by atoms with Gasteiger partial charge in [0.15, 0.2) is 0 Å². The quantitative estimate of drug-likeness (QED) is 0.855. The summed E-state index contributed by atoms with van der Waals surface area (Å²) in [5.41, 5.74) is 3.39. The van der Waals surface area contributed by atoms with Crippen LogP contribution in [0.2, 0.25) is 0 Å². The maximum absolute atomic E-state index is 5.39. The summed E-state index contributed by atoms with van der Waals surface area (Å²) in [6.07, 6.45) is 0. The van der Waals surface area contributed by atoms with E-state index in [-0.39, 0.29) is 0 Å². The van der Waals surface area contributed by atoms with E-state index < -0.39 is 0 Å². The second-order valence-corrected chi connectivity index (χ2v) is 4.36. The Hall–Kier alpha value is -1.95. The van der Waals surface area contributed by atoms with Crippen molar-refractivity contribution in [1.82, 2.24) is 20.6 Å². The molecule has 2 heterocycles. The van der Waals surface area contributed by atoms with Gasteiger partial charge in [0.2, 0.25) is 5.82 Å². The monoisotopic (exact) mass is 245 g/mol. The van der Waals surface area contributed by atoms with Crippen molar-refractivity contribution in [3.63, 3.8) is 0 Å². The number of tetrazole rings is 1. The molecule has 2 aromatic rings. The Labute approximate surface area is 105 Å². The van der Waals surface area contributed by atoms with Gasteiger partial charge in [-0.2, -0.15) is 5.21 Å². The number of nitrogens with zero attached hydrogens (tertiary/aromatic N) is 4. The first-order valence-electron chi connectivity index (χ1n) is 6.02. The molecule has 0 unspecified atom stereocenters. The van der Waals surface area contributed by atoms with Gasteiger partial charge in [0.25, 0.3) is 0 Å². The minimum Gasteiger partial charge on any atom is -0.378 e. The number of hydrogen-bond donors (Lipinski definition) is 1. The molecule has 1 aromatic carbocycles. The molecular weight excluding hydrogens is 230 g/mol. The van der Waals surface area contributed by atoms with Crippen molar-refractivity contribution in [2.45, 2.75) is 6.92 Å². The lowest BCUT2D eigenvalue weighted by molar-refractivity contribution is 0.122. The van der Waals surface area contributed by atoms with Crippen LogP contribution >= 0.6 is 0 Å². The molecule has 0 aliphatic carbocycles. The van der Waals surface area contributed by atoms with E-state index in [2.05, 4.69) is 44.6 Å². The molecule has 3 rings (SSSR count). The van der Waals surface area contributed by atoms with E-state index in [1.165, 1.54) is 5.56 Å². The molecule has 0 spiro atoms. The zero-order chi connectivity index (χ0) is 12.4. The second-order valence-electron chi connectivity index (χ2n) is 4.36. The summed E-state index contributed by atoms with van der Waals surface area (Å²) < 4.78 is 5.39. The zero-order valence-corrected chi connectivity index (χ0v) is 10.3. The standard InChI is InChI=1S/C12H15N5O/c1-9-2-3-10(12-13-15-16-14-12)11(8-9)17-4-6-18-7-5-17/h2-3,8H,4-7H2,1H3,(H,13,14,15,16). The van der Waals surface area contributed by atoms with Crippen LogP contribution in [0.4, 0.5) is 5.69 Å². The Balaban J connectivity index is 2.03. The van der Waals surface area contributed by atoms with E-state index in [4.69, 9.17) is 4.74 Å². The third-order valence-electron chi connectivity index (χ3n) is 3.09. The van der Waals surface area contributed by atoms with Crippen LogP contribution in [-0.4, -0.2) is 46.9 Å². The summed E-state index contributed by atoms with van der Waals surface area (Å²) in [6.45, 7) is 5.41. The van der Waals surface area contributed by atoms with Crippen LogP contribution in [0.1, 0.15) is 5.56 Å². The highest BCUT2D eigenvalue weighted by molar-refractivity contribution is 5.74. The molecule has 0 saturated carbocycles. The average Bonchev–Trinajstić information content (AvgIpc) is 2.93. The normalized spacial score (nSPS) is 15.9. The molecule has 0 atom stereocenters. The Bertz CT molecular complexity index is 519. The van der Waals surface area contributed by atoms with E-state index in [0.717, 1.165) is 37.6 Å². The van der Waals surface area contributed by atoms with E-state index in [0.29, 0.717) is 5.82 Å². The number of nitrogens with one attached hydrogen (secondary N) is 1. The fourth-order valence-electron chi connectivity index (χ4n) is 2.17. The summed E-state index contributed by atoms with van der Waals surface area (Å²) >= 11 is 0. The molecule has 18 heavy (non-hydrogen) atoms. The predicted octanol–water partition coefficient (Wildman–Crippen LogP) is 1.01. The van der Waals surface area contributed by atoms with Crippen molar-refractivity contribution in [2.75, 3.05) is 31.2 Å². The third-order valence-corrected chi connectivity index (χ3v) is 3.09. The largest absolute Gasteiger partial charge is 0.378 e. The number of aryl methyl sites for hydroxylation is 1. The van der Waals surface area contributed by atoms with Crippen LogP contribution in [0.25, 0.3) is 11.4 Å². The number of aromatic nitrogens is 4. The SMILES string of the molecule is Cc1ccc(-c2nn[nH]n2)c(N2CCOCC2)c1. The molecule has 94 valence electrons. The topological polar surface area (TPSA) is 66.9 Å². The molecule has 1 fully saturated rings. The highest BCUT2D eigenvalue weighted by atomic mass is 16.5. The van der Waals surface area contributed by atoms with E-state index >= 15 is 0 Å². The lowest BCUT2D eigenvalue weighted by Gasteiger charge is -2.30. The van der Waals surface area contributed by atoms with Gasteiger partial charge < -0.3 is 9.64 Å². The van der Waals surface area contributed by atoms with Crippen molar-refractivity contribution in [2.24, 2.45) is 0 Å². The van der Waals surface area contributed by atoms with E-state index in [9.17, 15) is 0 Å². The molecule has 0 bridgehead atoms. The van der Waals surface area contributed by atoms with Crippen molar-refractivity contribution in [3.8, 4) is 11.4 Å². The van der Waals surface area contributed by atoms with Crippen LogP contribution in [0, 0.1) is 6.92 Å². The van der Waals surface area contributed by atoms with Crippen LogP contribution < -0.4 is 4.90 Å². The molecule has 0 radical (unpaired) electrons. The molecule has 1 N–H and O–H groups in total. The van der Waals surface area contributed by atoms with Gasteiger partial charge in [-0.1, -0.05) is 6.07 Å². The van der Waals surface area contributed by atoms with E-state index in [1.807, 2.05) is 6.07 Å². The minimum atomic E-state index is 0.636. The second kappa shape index (κ2) is 4.73. The Kier molecular flexibility index (Phi) is 2.93. The van der Waals surface area contributed by atoms with Crippen LogP contribution in [0.5, 0.6) is 0 Å². The smallest absolute Gasteiger partial charge is 0.206 e. The number of hydrogen-bond acceptors (Lipinski definition) is 5. The first-order chi connectivity index (χ1) is 8.84. The molecular formula is C12H15N5O. The third kappa shape index (κ3) is 2.06. The van der Waals surface area contributed by atoms with Gasteiger partial charge in [0.1, 0.15) is 0 Å². The molecule has 1 aliphatic rings. The van der Waals surface area contributed by atoms with E-state index in [1.54, 1.807) is 0 Å². The maximum atomic E-state index is 5.39. The lowest BCUT2D eigenvalue weighted by atomic mass is 10.1. The Morgan fingerprint density at radius 2 is 2.11 bits per heavy atom. The fraction of sp³-hybridized carbons (Fsp3) is 0.417. The van der Waals surface area contributed by atoms with Crippen molar-refractivity contribution in [1.29, 1.82) is 0 Å². The zero-order valence-electron chi connectivity index (χ0n) is 10.3. The number of morpholine rings is 1. The first kappa shape index (κ1) is 11.2. The summed E-state index contributed by atoms with van der Waals surface area (Å²) in [4.78, 5) is 2.31. The summed E-state index contributed by atoms with van der Waals surface area (Å²) in [5.74, 6) is 0.636. The first-order valence-corrected chi connectivity index (χ1v) is 6.02. The summed E-state index contributed by atoms with van der Waals surface area (Å²) in [6, 6.07) is 6.28. The van der Waals surface area contributed by atoms with Gasteiger partial charge in [-0.3, -0.25) is 0 Å². The van der Waals surface area contributed by atoms with Crippen molar-refractivity contribution < 1.29 is 4.74 Å². The summed E-state index contributed by atoms with van der Waals surface area (Å²) in [5, 5.41) is 14.3. The highest BCUT2D eigenvalue weighted by Crippen LogP contribution is 2.29. The maximum Gasteiger partial charge on any atom is 0.206 e. The molecule has 0 amide bonds. The number of H-pyrrole nitrogens is 1. The highest BCUT2D eigenvalue weighted by Gasteiger charge is 2.17. The number of aromatic amines is 1. The fourth-order valence-corrected chi connectivity index (χ4v) is 2.17. The Morgan fingerprint density at radius 3 is 2.83 bits per heavy atom. The minimum absolute atomic E-state index is 0.636. The van der Waals surface area contributed by atoms with Crippen LogP contribution in [-0.2, 0) is 4.74 Å². The van der Waals surface area contributed by atoms with Crippen molar-refractivity contribution >= 4 is 5.69 Å². The van der Waals surface area contributed by atoms with Crippen molar-refractivity contribution in [3.05, 3.63) is 23.8 Å². The molecule has 6 nitrogen and oxygen atoms in total. The molecule has 6 heteroatoms. The predicted molar refractivity (Wildman–Crippen MR) is 67.4 cm³/mol. The van der Waals surface area contributed by atoms with Gasteiger partial charge in [-0.25, -0.2) is 0 Å². The van der Waals surface area contributed by atoms with Gasteiger partial charge >= 0.3 is 0 Å². The number of anilines is 1. The van der Waals surface area contributed by atoms with Gasteiger partial charge in [-0.15, -0.1) is 10.2 Å². The van der Waals surface area contributed by atoms with Gasteiger partial charge in [-0.05, 0) is 29.8 Å². The van der Waals surface area contributed by atoms with Crippen LogP contribution in [0.3, 0.4) is 0 Å². The average molecular weight is 245 g/mol. The molecule has 1 saturated heterocycles. The molecule has 1 aliphatic heterocycles. The van der Waals surface area contributed by atoms with Gasteiger partial charge in [0.05, 0.1) is 13.2 Å². The van der Waals surface area contributed by atoms with Gasteiger partial charge in [0, 0.05) is 24.3 Å². The molecule has 1 aromatic heterocycles. The van der Waals surface area contributed by atoms with Crippen LogP contribution in [0.15, 0.2) is 18.2 Å². The number of benzene rings is 1. The lowest BCUT2D eigenvalue weighted by Crippen LogP contribution is -2.36. The summed E-state index contributed by atoms with van der Waals surface area (Å²) in [7, 11) is 0. The number of rotatable bonds is 2. The number of ether oxygens (including phenoxy) is 1. The Morgan fingerprint density at radius 1 is 1.28 bits per heavy atom.